The zero-order chi connectivity index (χ0) is 13.1. The number of Topliss-reactive ketones (excluding diaryl/α,β-unsaturated/α-hetero) is 1. The highest BCUT2D eigenvalue weighted by Crippen LogP contribution is 2.23. The molecule has 0 bridgehead atoms. The number of hydrogen-bond acceptors (Lipinski definition) is 4. The van der Waals surface area contributed by atoms with Gasteiger partial charge in [0, 0.05) is 12.6 Å². The summed E-state index contributed by atoms with van der Waals surface area (Å²) in [7, 11) is 0. The van der Waals surface area contributed by atoms with E-state index in [0.717, 1.165) is 11.4 Å². The molecule has 0 radical (unpaired) electrons. The fourth-order valence-electron chi connectivity index (χ4n) is 1.61. The van der Waals surface area contributed by atoms with Crippen molar-refractivity contribution in [3.8, 4) is 6.07 Å². The fourth-order valence-corrected chi connectivity index (χ4v) is 1.61. The third-order valence-corrected chi connectivity index (χ3v) is 2.56. The van der Waals surface area contributed by atoms with Crippen LogP contribution in [0.1, 0.15) is 28.7 Å². The standard InChI is InChI=1S/C13H12N4O/c1-8-12(13(9(2)18)17-16-8)15-11-5-3-10(7-14)4-6-11/h3-6,15H,1-2H3,(H,16,17). The van der Waals surface area contributed by atoms with Crippen molar-refractivity contribution in [2.45, 2.75) is 13.8 Å². The number of anilines is 2. The second-order valence-electron chi connectivity index (χ2n) is 3.94. The largest absolute Gasteiger partial charge is 0.352 e. The van der Waals surface area contributed by atoms with Gasteiger partial charge in [-0.25, -0.2) is 0 Å². The third-order valence-electron chi connectivity index (χ3n) is 2.56. The van der Waals surface area contributed by atoms with E-state index in [9.17, 15) is 4.79 Å². The minimum Gasteiger partial charge on any atom is -0.352 e. The average molecular weight is 240 g/mol. The summed E-state index contributed by atoms with van der Waals surface area (Å²) in [5.74, 6) is -0.101. The molecule has 5 nitrogen and oxygen atoms in total. The van der Waals surface area contributed by atoms with Crippen molar-refractivity contribution < 1.29 is 4.79 Å². The van der Waals surface area contributed by atoms with Crippen LogP contribution in [-0.4, -0.2) is 16.0 Å². The molecule has 0 atom stereocenters. The maximum Gasteiger partial charge on any atom is 0.182 e. The molecule has 0 saturated carbocycles. The minimum absolute atomic E-state index is 0.101. The van der Waals surface area contributed by atoms with Crippen molar-refractivity contribution in [2.24, 2.45) is 0 Å². The molecule has 18 heavy (non-hydrogen) atoms. The summed E-state index contributed by atoms with van der Waals surface area (Å²) in [4.78, 5) is 11.4. The number of benzene rings is 1. The molecule has 0 unspecified atom stereocenters. The Bertz CT molecular complexity index is 619. The van der Waals surface area contributed by atoms with Gasteiger partial charge in [0.25, 0.3) is 0 Å². The summed E-state index contributed by atoms with van der Waals surface area (Å²) in [5, 5.41) is 18.6. The number of carbonyl (C=O) groups is 1. The number of aromatic amines is 1. The number of rotatable bonds is 3. The number of hydrogen-bond donors (Lipinski definition) is 2. The third kappa shape index (κ3) is 2.23. The number of aromatic nitrogens is 2. The summed E-state index contributed by atoms with van der Waals surface area (Å²) in [6, 6.07) is 9.05. The van der Waals surface area contributed by atoms with Gasteiger partial charge in [0.2, 0.25) is 0 Å². The van der Waals surface area contributed by atoms with Crippen LogP contribution in [0, 0.1) is 18.3 Å². The van der Waals surface area contributed by atoms with Crippen LogP contribution in [0.5, 0.6) is 0 Å². The molecule has 1 aromatic carbocycles. The van der Waals surface area contributed by atoms with Gasteiger partial charge in [-0.3, -0.25) is 9.89 Å². The molecule has 2 rings (SSSR count). The van der Waals surface area contributed by atoms with E-state index in [1.807, 2.05) is 6.92 Å². The lowest BCUT2D eigenvalue weighted by atomic mass is 10.2. The predicted octanol–water partition coefficient (Wildman–Crippen LogP) is 2.54. The van der Waals surface area contributed by atoms with Crippen molar-refractivity contribution in [1.82, 2.24) is 10.2 Å². The summed E-state index contributed by atoms with van der Waals surface area (Å²) in [6.45, 7) is 3.31. The first-order valence-electron chi connectivity index (χ1n) is 5.45. The van der Waals surface area contributed by atoms with Crippen LogP contribution in [0.2, 0.25) is 0 Å². The number of aryl methyl sites for hydroxylation is 1. The molecule has 2 aromatic rings. The van der Waals surface area contributed by atoms with E-state index in [4.69, 9.17) is 5.26 Å². The van der Waals surface area contributed by atoms with E-state index in [0.29, 0.717) is 16.9 Å². The molecule has 0 fully saturated rings. The van der Waals surface area contributed by atoms with Crippen molar-refractivity contribution in [2.75, 3.05) is 5.32 Å². The van der Waals surface area contributed by atoms with Gasteiger partial charge in [-0.15, -0.1) is 0 Å². The molecule has 0 aliphatic rings. The molecule has 1 aromatic heterocycles. The zero-order valence-corrected chi connectivity index (χ0v) is 10.1. The second kappa shape index (κ2) is 4.72. The molecule has 90 valence electrons. The highest BCUT2D eigenvalue weighted by Gasteiger charge is 2.14. The zero-order valence-electron chi connectivity index (χ0n) is 10.1. The highest BCUT2D eigenvalue weighted by molar-refractivity contribution is 5.98. The smallest absolute Gasteiger partial charge is 0.182 e. The minimum atomic E-state index is -0.101. The van der Waals surface area contributed by atoms with Gasteiger partial charge in [0.15, 0.2) is 11.5 Å². The normalized spacial score (nSPS) is 9.83. The lowest BCUT2D eigenvalue weighted by Gasteiger charge is -2.06. The van der Waals surface area contributed by atoms with E-state index >= 15 is 0 Å². The van der Waals surface area contributed by atoms with E-state index in [1.54, 1.807) is 24.3 Å². The van der Waals surface area contributed by atoms with Crippen molar-refractivity contribution >= 4 is 17.2 Å². The lowest BCUT2D eigenvalue weighted by Crippen LogP contribution is -1.99. The Morgan fingerprint density at radius 1 is 1.39 bits per heavy atom. The predicted molar refractivity (Wildman–Crippen MR) is 67.8 cm³/mol. The SMILES string of the molecule is CC(=O)c1n[nH]c(C)c1Nc1ccc(C#N)cc1. The van der Waals surface area contributed by atoms with Gasteiger partial charge < -0.3 is 5.32 Å². The molecule has 0 aliphatic heterocycles. The average Bonchev–Trinajstić information content (AvgIpc) is 2.72. The van der Waals surface area contributed by atoms with Gasteiger partial charge in [-0.1, -0.05) is 0 Å². The first kappa shape index (κ1) is 11.9. The van der Waals surface area contributed by atoms with E-state index < -0.39 is 0 Å². The molecule has 0 aliphatic carbocycles. The van der Waals surface area contributed by atoms with Crippen LogP contribution in [-0.2, 0) is 0 Å². The van der Waals surface area contributed by atoms with E-state index in [2.05, 4.69) is 21.6 Å². The number of carbonyl (C=O) groups excluding carboxylic acids is 1. The van der Waals surface area contributed by atoms with Crippen LogP contribution < -0.4 is 5.32 Å². The van der Waals surface area contributed by atoms with Gasteiger partial charge in [-0.2, -0.15) is 10.4 Å². The molecule has 0 saturated heterocycles. The quantitative estimate of drug-likeness (QED) is 0.808. The Balaban J connectivity index is 2.31. The monoisotopic (exact) mass is 240 g/mol. The highest BCUT2D eigenvalue weighted by atomic mass is 16.1. The molecule has 2 N–H and O–H groups in total. The van der Waals surface area contributed by atoms with Gasteiger partial charge in [0.1, 0.15) is 0 Å². The molecule has 0 amide bonds. The van der Waals surface area contributed by atoms with Crippen LogP contribution in [0.25, 0.3) is 0 Å². The van der Waals surface area contributed by atoms with Gasteiger partial charge >= 0.3 is 0 Å². The summed E-state index contributed by atoms with van der Waals surface area (Å²) >= 11 is 0. The van der Waals surface area contributed by atoms with Crippen LogP contribution in [0.15, 0.2) is 24.3 Å². The first-order chi connectivity index (χ1) is 8.61. The Morgan fingerprint density at radius 3 is 2.61 bits per heavy atom. The molecular formula is C13H12N4O. The summed E-state index contributed by atoms with van der Waals surface area (Å²) in [6.07, 6.45) is 0. The number of nitrogens with one attached hydrogen (secondary N) is 2. The number of H-pyrrole nitrogens is 1. The summed E-state index contributed by atoms with van der Waals surface area (Å²) in [5.41, 5.74) is 3.26. The van der Waals surface area contributed by atoms with Crippen LogP contribution in [0.4, 0.5) is 11.4 Å². The Hall–Kier alpha value is -2.61. The molecular weight excluding hydrogens is 228 g/mol. The Morgan fingerprint density at radius 2 is 2.06 bits per heavy atom. The van der Waals surface area contributed by atoms with Crippen molar-refractivity contribution in [3.63, 3.8) is 0 Å². The van der Waals surface area contributed by atoms with Crippen LogP contribution in [0.3, 0.4) is 0 Å². The maximum absolute atomic E-state index is 11.4. The first-order valence-corrected chi connectivity index (χ1v) is 5.45. The molecule has 0 spiro atoms. The van der Waals surface area contributed by atoms with Crippen molar-refractivity contribution in [1.29, 1.82) is 5.26 Å². The Kier molecular flexibility index (Phi) is 3.11. The fraction of sp³-hybridized carbons (Fsp3) is 0.154. The molecule has 1 heterocycles. The van der Waals surface area contributed by atoms with E-state index in [1.165, 1.54) is 6.92 Å². The number of nitriles is 1. The van der Waals surface area contributed by atoms with Gasteiger partial charge in [0.05, 0.1) is 23.0 Å². The topological polar surface area (TPSA) is 81.6 Å². The van der Waals surface area contributed by atoms with Crippen LogP contribution >= 0.6 is 0 Å². The molecule has 5 heteroatoms. The van der Waals surface area contributed by atoms with Gasteiger partial charge in [-0.05, 0) is 31.2 Å². The van der Waals surface area contributed by atoms with Crippen molar-refractivity contribution in [3.05, 3.63) is 41.2 Å². The second-order valence-corrected chi connectivity index (χ2v) is 3.94. The Labute approximate surface area is 104 Å². The number of nitrogens with zero attached hydrogens (tertiary/aromatic N) is 2. The number of ketones is 1. The van der Waals surface area contributed by atoms with E-state index in [-0.39, 0.29) is 5.78 Å². The lowest BCUT2D eigenvalue weighted by molar-refractivity contribution is 0.101. The maximum atomic E-state index is 11.4. The summed E-state index contributed by atoms with van der Waals surface area (Å²) < 4.78 is 0.